The maximum Gasteiger partial charge on any atom is 0.227 e. The molecule has 0 spiro atoms. The molecule has 0 aliphatic carbocycles. The molecule has 0 aromatic heterocycles. The molecule has 3 nitrogen and oxygen atoms in total. The molecule has 1 aromatic rings. The molecule has 0 saturated heterocycles. The number of hydrogen-bond acceptors (Lipinski definition) is 2. The molecule has 1 N–H and O–H groups in total. The normalized spacial score (nSPS) is 10.1. The second kappa shape index (κ2) is 5.62. The van der Waals surface area contributed by atoms with Gasteiger partial charge in [-0.25, -0.2) is 0 Å². The van der Waals surface area contributed by atoms with Gasteiger partial charge in [0.05, 0.1) is 6.42 Å². The van der Waals surface area contributed by atoms with Crippen molar-refractivity contribution in [3.05, 3.63) is 34.4 Å². The van der Waals surface area contributed by atoms with Gasteiger partial charge in [-0.1, -0.05) is 17.7 Å². The predicted octanol–water partition coefficient (Wildman–Crippen LogP) is 2.21. The number of aryl methyl sites for hydroxylation is 3. The summed E-state index contributed by atoms with van der Waals surface area (Å²) in [6.07, 6.45) is -0.0377. The second-order valence-corrected chi connectivity index (χ2v) is 4.53. The van der Waals surface area contributed by atoms with Crippen molar-refractivity contribution in [2.45, 2.75) is 40.7 Å². The van der Waals surface area contributed by atoms with Crippen LogP contribution in [0.4, 0.5) is 0 Å². The molecule has 0 bridgehead atoms. The van der Waals surface area contributed by atoms with Gasteiger partial charge >= 0.3 is 0 Å². The highest BCUT2D eigenvalue weighted by Crippen LogP contribution is 2.15. The lowest BCUT2D eigenvalue weighted by atomic mass is 10.00. The summed E-state index contributed by atoms with van der Waals surface area (Å²) in [6, 6.07) is 4.19. The summed E-state index contributed by atoms with van der Waals surface area (Å²) in [4.78, 5) is 22.2. The number of rotatable bonds is 4. The second-order valence-electron chi connectivity index (χ2n) is 4.53. The van der Waals surface area contributed by atoms with Crippen LogP contribution in [0.3, 0.4) is 0 Å². The fraction of sp³-hybridized carbons (Fsp3) is 0.429. The topological polar surface area (TPSA) is 46.2 Å². The van der Waals surface area contributed by atoms with Gasteiger partial charge in [-0.3, -0.25) is 9.59 Å². The molecule has 3 heteroatoms. The molecule has 0 saturated carbocycles. The van der Waals surface area contributed by atoms with Crippen LogP contribution >= 0.6 is 0 Å². The minimum atomic E-state index is -0.211. The highest BCUT2D eigenvalue weighted by Gasteiger charge is 2.07. The van der Waals surface area contributed by atoms with Crippen LogP contribution < -0.4 is 5.32 Å². The third kappa shape index (κ3) is 4.02. The molecule has 0 aliphatic rings. The lowest BCUT2D eigenvalue weighted by Crippen LogP contribution is -2.25. The lowest BCUT2D eigenvalue weighted by molar-refractivity contribution is -0.127. The molecule has 0 radical (unpaired) electrons. The zero-order chi connectivity index (χ0) is 13.0. The van der Waals surface area contributed by atoms with Crippen molar-refractivity contribution in [2.75, 3.05) is 0 Å². The van der Waals surface area contributed by atoms with Gasteiger partial charge < -0.3 is 5.32 Å². The Morgan fingerprint density at radius 1 is 1.12 bits per heavy atom. The smallest absolute Gasteiger partial charge is 0.227 e. The van der Waals surface area contributed by atoms with E-state index in [9.17, 15) is 9.59 Å². The van der Waals surface area contributed by atoms with Crippen LogP contribution in [0.25, 0.3) is 0 Å². The summed E-state index contributed by atoms with van der Waals surface area (Å²) in [5, 5.41) is 2.77. The summed E-state index contributed by atoms with van der Waals surface area (Å²) in [6.45, 7) is 8.03. The molecular formula is C14H19NO2. The zero-order valence-corrected chi connectivity index (χ0v) is 10.9. The van der Waals surface area contributed by atoms with E-state index in [1.165, 1.54) is 23.6 Å². The first-order chi connectivity index (χ1) is 7.90. The van der Waals surface area contributed by atoms with Gasteiger partial charge in [-0.2, -0.15) is 0 Å². The molecule has 0 aliphatic heterocycles. The Morgan fingerprint density at radius 2 is 1.65 bits per heavy atom. The fourth-order valence-corrected chi connectivity index (χ4v) is 1.96. The Hall–Kier alpha value is -1.64. The third-order valence-electron chi connectivity index (χ3n) is 2.71. The largest absolute Gasteiger partial charge is 0.352 e. The molecule has 0 atom stereocenters. The predicted molar refractivity (Wildman–Crippen MR) is 67.8 cm³/mol. The van der Waals surface area contributed by atoms with E-state index in [-0.39, 0.29) is 18.1 Å². The van der Waals surface area contributed by atoms with Crippen LogP contribution in [0.15, 0.2) is 12.1 Å². The van der Waals surface area contributed by atoms with Crippen LogP contribution in [0.1, 0.15) is 35.6 Å². The number of ketones is 1. The number of Topliss-reactive ketones (excluding diaryl/α,β-unsaturated/α-hetero) is 1. The summed E-state index contributed by atoms with van der Waals surface area (Å²) < 4.78 is 0. The quantitative estimate of drug-likeness (QED) is 0.810. The van der Waals surface area contributed by atoms with Crippen LogP contribution in [0, 0.1) is 20.8 Å². The van der Waals surface area contributed by atoms with Gasteiger partial charge in [0.1, 0.15) is 5.78 Å². The van der Waals surface area contributed by atoms with Gasteiger partial charge in [0.25, 0.3) is 0 Å². The van der Waals surface area contributed by atoms with Crippen molar-refractivity contribution < 1.29 is 9.59 Å². The van der Waals surface area contributed by atoms with Crippen molar-refractivity contribution in [1.29, 1.82) is 0 Å². The Labute approximate surface area is 102 Å². The maximum atomic E-state index is 11.4. The number of amides is 1. The lowest BCUT2D eigenvalue weighted by Gasteiger charge is -2.12. The van der Waals surface area contributed by atoms with Crippen LogP contribution in [0.5, 0.6) is 0 Å². The van der Waals surface area contributed by atoms with Crippen molar-refractivity contribution in [1.82, 2.24) is 5.32 Å². The van der Waals surface area contributed by atoms with Gasteiger partial charge in [-0.15, -0.1) is 0 Å². The number of carbonyl (C=O) groups is 2. The number of benzene rings is 1. The molecule has 0 unspecified atom stereocenters. The molecule has 1 amide bonds. The first kappa shape index (κ1) is 13.4. The fourth-order valence-electron chi connectivity index (χ4n) is 1.96. The number of carbonyl (C=O) groups excluding carboxylic acids is 2. The van der Waals surface area contributed by atoms with E-state index in [4.69, 9.17) is 0 Å². The Morgan fingerprint density at radius 3 is 2.12 bits per heavy atom. The minimum absolute atomic E-state index is 0.0377. The van der Waals surface area contributed by atoms with E-state index in [1.54, 1.807) is 0 Å². The first-order valence-electron chi connectivity index (χ1n) is 5.73. The molecular weight excluding hydrogens is 214 g/mol. The first-order valence-corrected chi connectivity index (χ1v) is 5.73. The number of nitrogens with one attached hydrogen (secondary N) is 1. The van der Waals surface area contributed by atoms with Gasteiger partial charge in [-0.05, 0) is 44.4 Å². The molecule has 17 heavy (non-hydrogen) atoms. The maximum absolute atomic E-state index is 11.4. The minimum Gasteiger partial charge on any atom is -0.352 e. The average Bonchev–Trinajstić information content (AvgIpc) is 2.14. The van der Waals surface area contributed by atoms with Crippen LogP contribution in [-0.4, -0.2) is 11.7 Å². The molecule has 0 heterocycles. The number of hydrogen-bond donors (Lipinski definition) is 1. The van der Waals surface area contributed by atoms with E-state index in [2.05, 4.69) is 24.4 Å². The van der Waals surface area contributed by atoms with Crippen molar-refractivity contribution in [3.63, 3.8) is 0 Å². The summed E-state index contributed by atoms with van der Waals surface area (Å²) >= 11 is 0. The average molecular weight is 233 g/mol. The molecule has 1 aromatic carbocycles. The highest BCUT2D eigenvalue weighted by molar-refractivity contribution is 5.96. The molecule has 1 rings (SSSR count). The van der Waals surface area contributed by atoms with E-state index in [0.29, 0.717) is 6.54 Å². The third-order valence-corrected chi connectivity index (χ3v) is 2.71. The van der Waals surface area contributed by atoms with E-state index >= 15 is 0 Å². The van der Waals surface area contributed by atoms with E-state index in [1.807, 2.05) is 13.8 Å². The summed E-state index contributed by atoms with van der Waals surface area (Å²) in [5.41, 5.74) is 4.70. The molecule has 0 fully saturated rings. The van der Waals surface area contributed by atoms with E-state index < -0.39 is 0 Å². The zero-order valence-electron chi connectivity index (χ0n) is 10.9. The Bertz CT molecular complexity index is 427. The monoisotopic (exact) mass is 233 g/mol. The van der Waals surface area contributed by atoms with Gasteiger partial charge in [0.2, 0.25) is 5.91 Å². The Balaban J connectivity index is 2.70. The van der Waals surface area contributed by atoms with Gasteiger partial charge in [0, 0.05) is 6.54 Å². The van der Waals surface area contributed by atoms with Crippen molar-refractivity contribution in [3.8, 4) is 0 Å². The van der Waals surface area contributed by atoms with Gasteiger partial charge in [0.15, 0.2) is 0 Å². The van der Waals surface area contributed by atoms with Crippen molar-refractivity contribution >= 4 is 11.7 Å². The van der Waals surface area contributed by atoms with E-state index in [0.717, 1.165) is 5.56 Å². The summed E-state index contributed by atoms with van der Waals surface area (Å²) in [5.74, 6) is -0.322. The van der Waals surface area contributed by atoms with Crippen molar-refractivity contribution in [2.24, 2.45) is 0 Å². The summed E-state index contributed by atoms with van der Waals surface area (Å²) in [7, 11) is 0. The Kier molecular flexibility index (Phi) is 4.44. The van der Waals surface area contributed by atoms with Crippen LogP contribution in [-0.2, 0) is 16.1 Å². The van der Waals surface area contributed by atoms with Crippen LogP contribution in [0.2, 0.25) is 0 Å². The SMILES string of the molecule is CC(=O)CC(=O)NCc1c(C)cc(C)cc1C. The highest BCUT2D eigenvalue weighted by atomic mass is 16.2. The standard InChI is InChI=1S/C14H19NO2/c1-9-5-10(2)13(11(3)6-9)8-15-14(17)7-12(4)16/h5-6H,7-8H2,1-4H3,(H,15,17). The molecule has 92 valence electrons.